The van der Waals surface area contributed by atoms with E-state index >= 15 is 0 Å². The van der Waals surface area contributed by atoms with E-state index in [1.165, 1.54) is 4.88 Å². The molecule has 20 heavy (non-hydrogen) atoms. The molecule has 2 atom stereocenters. The van der Waals surface area contributed by atoms with Gasteiger partial charge in [0, 0.05) is 24.1 Å². The molecule has 5 heteroatoms. The lowest BCUT2D eigenvalue weighted by Crippen LogP contribution is -2.46. The predicted molar refractivity (Wildman–Crippen MR) is 79.6 cm³/mol. The predicted octanol–water partition coefficient (Wildman–Crippen LogP) is 2.53. The molecule has 2 fully saturated rings. The van der Waals surface area contributed by atoms with Crippen LogP contribution in [0.3, 0.4) is 0 Å². The SMILES string of the molecule is CCC1(C)NC(c2cccs2)N(C2CCOCC2)C1=O. The molecule has 110 valence electrons. The van der Waals surface area contributed by atoms with Crippen molar-refractivity contribution in [1.29, 1.82) is 0 Å². The third-order valence-electron chi connectivity index (χ3n) is 4.54. The highest BCUT2D eigenvalue weighted by Gasteiger charge is 2.50. The Morgan fingerprint density at radius 1 is 1.50 bits per heavy atom. The minimum absolute atomic E-state index is 0.0237. The molecule has 1 aromatic heterocycles. The Morgan fingerprint density at radius 2 is 2.25 bits per heavy atom. The highest BCUT2D eigenvalue weighted by atomic mass is 32.1. The maximum atomic E-state index is 12.9. The van der Waals surface area contributed by atoms with Crippen LogP contribution in [0.5, 0.6) is 0 Å². The van der Waals surface area contributed by atoms with E-state index in [0.29, 0.717) is 6.04 Å². The number of ether oxygens (including phenoxy) is 1. The molecule has 1 N–H and O–H groups in total. The van der Waals surface area contributed by atoms with E-state index < -0.39 is 5.54 Å². The lowest BCUT2D eigenvalue weighted by Gasteiger charge is -2.34. The van der Waals surface area contributed by atoms with Crippen LogP contribution in [0.15, 0.2) is 17.5 Å². The van der Waals surface area contributed by atoms with E-state index in [0.717, 1.165) is 32.5 Å². The van der Waals surface area contributed by atoms with Crippen molar-refractivity contribution in [2.24, 2.45) is 0 Å². The fourth-order valence-corrected chi connectivity index (χ4v) is 3.86. The summed E-state index contributed by atoms with van der Waals surface area (Å²) < 4.78 is 5.44. The largest absolute Gasteiger partial charge is 0.381 e. The molecule has 4 nitrogen and oxygen atoms in total. The van der Waals surface area contributed by atoms with Gasteiger partial charge in [-0.1, -0.05) is 13.0 Å². The van der Waals surface area contributed by atoms with Crippen molar-refractivity contribution in [3.63, 3.8) is 0 Å². The lowest BCUT2D eigenvalue weighted by atomic mass is 9.98. The van der Waals surface area contributed by atoms with Crippen molar-refractivity contribution in [2.75, 3.05) is 13.2 Å². The van der Waals surface area contributed by atoms with Crippen LogP contribution in [0.4, 0.5) is 0 Å². The van der Waals surface area contributed by atoms with E-state index in [2.05, 4.69) is 34.7 Å². The van der Waals surface area contributed by atoms with E-state index in [-0.39, 0.29) is 12.1 Å². The topological polar surface area (TPSA) is 41.6 Å². The Hall–Kier alpha value is -0.910. The number of carbonyl (C=O) groups excluding carboxylic acids is 1. The van der Waals surface area contributed by atoms with Gasteiger partial charge in [-0.15, -0.1) is 11.3 Å². The minimum atomic E-state index is -0.438. The summed E-state index contributed by atoms with van der Waals surface area (Å²) in [5.41, 5.74) is -0.438. The molecule has 0 saturated carbocycles. The Morgan fingerprint density at radius 3 is 2.85 bits per heavy atom. The first-order valence-electron chi connectivity index (χ1n) is 7.37. The smallest absolute Gasteiger partial charge is 0.244 e. The van der Waals surface area contributed by atoms with Crippen LogP contribution in [0.2, 0.25) is 0 Å². The number of amides is 1. The lowest BCUT2D eigenvalue weighted by molar-refractivity contribution is -0.137. The summed E-state index contributed by atoms with van der Waals surface area (Å²) in [6.45, 7) is 5.61. The number of nitrogens with zero attached hydrogens (tertiary/aromatic N) is 1. The van der Waals surface area contributed by atoms with Crippen LogP contribution in [0.1, 0.15) is 44.2 Å². The van der Waals surface area contributed by atoms with Gasteiger partial charge in [0.25, 0.3) is 0 Å². The number of hydrogen-bond donors (Lipinski definition) is 1. The molecule has 0 spiro atoms. The van der Waals surface area contributed by atoms with Gasteiger partial charge in [-0.3, -0.25) is 10.1 Å². The van der Waals surface area contributed by atoms with Crippen LogP contribution < -0.4 is 5.32 Å². The summed E-state index contributed by atoms with van der Waals surface area (Å²) in [5.74, 6) is 0.241. The molecule has 0 bridgehead atoms. The number of hydrogen-bond acceptors (Lipinski definition) is 4. The van der Waals surface area contributed by atoms with E-state index in [9.17, 15) is 4.79 Å². The zero-order valence-electron chi connectivity index (χ0n) is 12.1. The van der Waals surface area contributed by atoms with Gasteiger partial charge in [-0.05, 0) is 37.6 Å². The Kier molecular flexibility index (Phi) is 3.84. The summed E-state index contributed by atoms with van der Waals surface area (Å²) in [6.07, 6.45) is 2.72. The molecule has 0 aromatic carbocycles. The number of nitrogens with one attached hydrogen (secondary N) is 1. The molecule has 1 aromatic rings. The number of carbonyl (C=O) groups is 1. The Labute approximate surface area is 124 Å². The van der Waals surface area contributed by atoms with Gasteiger partial charge < -0.3 is 9.64 Å². The summed E-state index contributed by atoms with van der Waals surface area (Å²) in [4.78, 5) is 16.2. The molecule has 2 unspecified atom stereocenters. The molecular formula is C15H22N2O2S. The third kappa shape index (κ3) is 2.28. The van der Waals surface area contributed by atoms with Crippen molar-refractivity contribution >= 4 is 17.2 Å². The van der Waals surface area contributed by atoms with Crippen LogP contribution in [0.25, 0.3) is 0 Å². The van der Waals surface area contributed by atoms with Crippen LogP contribution in [0, 0.1) is 0 Å². The molecule has 3 heterocycles. The highest BCUT2D eigenvalue weighted by molar-refractivity contribution is 7.10. The van der Waals surface area contributed by atoms with Crippen molar-refractivity contribution in [3.8, 4) is 0 Å². The Balaban J connectivity index is 1.91. The van der Waals surface area contributed by atoms with Crippen molar-refractivity contribution in [2.45, 2.75) is 50.9 Å². The molecule has 2 aliphatic rings. The van der Waals surface area contributed by atoms with E-state index in [1.807, 2.05) is 6.92 Å². The quantitative estimate of drug-likeness (QED) is 0.931. The Bertz CT molecular complexity index is 470. The highest BCUT2D eigenvalue weighted by Crippen LogP contribution is 2.37. The van der Waals surface area contributed by atoms with Gasteiger partial charge >= 0.3 is 0 Å². The second kappa shape index (κ2) is 5.47. The summed E-state index contributed by atoms with van der Waals surface area (Å²) in [5, 5.41) is 5.64. The van der Waals surface area contributed by atoms with Gasteiger partial charge in [0.15, 0.2) is 0 Å². The van der Waals surface area contributed by atoms with Crippen molar-refractivity contribution < 1.29 is 9.53 Å². The first-order chi connectivity index (χ1) is 9.65. The van der Waals surface area contributed by atoms with E-state index in [4.69, 9.17) is 4.74 Å². The first-order valence-corrected chi connectivity index (χ1v) is 8.25. The van der Waals surface area contributed by atoms with Gasteiger partial charge in [-0.25, -0.2) is 0 Å². The average molecular weight is 294 g/mol. The van der Waals surface area contributed by atoms with Crippen molar-refractivity contribution in [1.82, 2.24) is 10.2 Å². The minimum Gasteiger partial charge on any atom is -0.381 e. The molecule has 2 saturated heterocycles. The molecule has 1 amide bonds. The molecule has 3 rings (SSSR count). The molecular weight excluding hydrogens is 272 g/mol. The molecule has 2 aliphatic heterocycles. The van der Waals surface area contributed by atoms with Gasteiger partial charge in [0.2, 0.25) is 5.91 Å². The van der Waals surface area contributed by atoms with Gasteiger partial charge in [-0.2, -0.15) is 0 Å². The average Bonchev–Trinajstić information content (AvgIpc) is 3.08. The second-order valence-electron chi connectivity index (χ2n) is 5.80. The second-order valence-corrected chi connectivity index (χ2v) is 6.78. The van der Waals surface area contributed by atoms with Crippen molar-refractivity contribution in [3.05, 3.63) is 22.4 Å². The molecule has 0 radical (unpaired) electrons. The van der Waals surface area contributed by atoms with E-state index in [1.54, 1.807) is 11.3 Å². The zero-order chi connectivity index (χ0) is 14.2. The fraction of sp³-hybridized carbons (Fsp3) is 0.667. The number of rotatable bonds is 3. The number of thiophene rings is 1. The van der Waals surface area contributed by atoms with Crippen LogP contribution >= 0.6 is 11.3 Å². The summed E-state index contributed by atoms with van der Waals surface area (Å²) in [6, 6.07) is 4.46. The van der Waals surface area contributed by atoms with Crippen LogP contribution in [-0.2, 0) is 9.53 Å². The fourth-order valence-electron chi connectivity index (χ4n) is 3.08. The third-order valence-corrected chi connectivity index (χ3v) is 5.47. The van der Waals surface area contributed by atoms with Gasteiger partial charge in [0.1, 0.15) is 6.17 Å². The maximum absolute atomic E-state index is 12.9. The maximum Gasteiger partial charge on any atom is 0.244 e. The monoisotopic (exact) mass is 294 g/mol. The standard InChI is InChI=1S/C15H22N2O2S/c1-3-15(2)14(18)17(11-6-8-19-9-7-11)13(16-15)12-5-4-10-20-12/h4-5,10-11,13,16H,3,6-9H2,1-2H3. The molecule has 0 aliphatic carbocycles. The first kappa shape index (κ1) is 14.0. The summed E-state index contributed by atoms with van der Waals surface area (Å²) >= 11 is 1.71. The zero-order valence-corrected chi connectivity index (χ0v) is 12.9. The van der Waals surface area contributed by atoms with Crippen LogP contribution in [-0.4, -0.2) is 35.6 Å². The van der Waals surface area contributed by atoms with Gasteiger partial charge in [0.05, 0.1) is 5.54 Å². The normalized spacial score (nSPS) is 32.0. The summed E-state index contributed by atoms with van der Waals surface area (Å²) in [7, 11) is 0.